The minimum atomic E-state index is -0.645. The molecule has 1 aliphatic carbocycles. The first-order valence-corrected chi connectivity index (χ1v) is 7.36. The minimum absolute atomic E-state index is 0.200. The fraction of sp³-hybridized carbons (Fsp3) is 0.688. The maximum Gasteiger partial charge on any atom is 0.221 e. The van der Waals surface area contributed by atoms with Crippen molar-refractivity contribution in [2.45, 2.75) is 46.1 Å². The van der Waals surface area contributed by atoms with Crippen LogP contribution >= 0.6 is 0 Å². The van der Waals surface area contributed by atoms with Crippen molar-refractivity contribution in [3.8, 4) is 0 Å². The van der Waals surface area contributed by atoms with E-state index in [9.17, 15) is 10.3 Å². The van der Waals surface area contributed by atoms with Crippen molar-refractivity contribution in [1.82, 2.24) is 0 Å². The third kappa shape index (κ3) is 3.08. The van der Waals surface area contributed by atoms with Crippen LogP contribution in [0.2, 0.25) is 0 Å². The third-order valence-corrected chi connectivity index (χ3v) is 4.64. The molecule has 1 heterocycles. The van der Waals surface area contributed by atoms with Gasteiger partial charge in [0.25, 0.3) is 0 Å². The lowest BCUT2D eigenvalue weighted by Crippen LogP contribution is -2.39. The largest absolute Gasteiger partial charge is 0.618 e. The van der Waals surface area contributed by atoms with Gasteiger partial charge in [-0.25, -0.2) is 0 Å². The second-order valence-corrected chi connectivity index (χ2v) is 6.39. The van der Waals surface area contributed by atoms with E-state index in [1.54, 1.807) is 12.1 Å². The third-order valence-electron chi connectivity index (χ3n) is 4.64. The van der Waals surface area contributed by atoms with Crippen LogP contribution < -0.4 is 4.73 Å². The van der Waals surface area contributed by atoms with Gasteiger partial charge in [-0.05, 0) is 42.6 Å². The average Bonchev–Trinajstić information content (AvgIpc) is 2.38. The summed E-state index contributed by atoms with van der Waals surface area (Å²) in [5.41, 5.74) is 0.493. The van der Waals surface area contributed by atoms with Crippen molar-refractivity contribution < 1.29 is 9.84 Å². The smallest absolute Gasteiger partial charge is 0.221 e. The monoisotopic (exact) mass is 263 g/mol. The van der Waals surface area contributed by atoms with E-state index in [2.05, 4.69) is 20.8 Å². The first-order chi connectivity index (χ1) is 9.00. The van der Waals surface area contributed by atoms with Gasteiger partial charge < -0.3 is 10.3 Å². The van der Waals surface area contributed by atoms with Crippen LogP contribution in [-0.2, 0) is 0 Å². The molecule has 0 radical (unpaired) electrons. The van der Waals surface area contributed by atoms with Gasteiger partial charge >= 0.3 is 0 Å². The Hall–Kier alpha value is -1.09. The molecule has 0 amide bonds. The molecule has 1 saturated carbocycles. The van der Waals surface area contributed by atoms with Crippen molar-refractivity contribution in [2.24, 2.45) is 23.7 Å². The van der Waals surface area contributed by atoms with Gasteiger partial charge in [-0.15, -0.1) is 0 Å². The molecule has 0 bridgehead atoms. The van der Waals surface area contributed by atoms with E-state index >= 15 is 0 Å². The highest BCUT2D eigenvalue weighted by molar-refractivity contribution is 5.04. The maximum absolute atomic E-state index is 11.8. The molecule has 0 unspecified atom stereocenters. The zero-order valence-electron chi connectivity index (χ0n) is 12.1. The van der Waals surface area contributed by atoms with Crippen molar-refractivity contribution in [2.75, 3.05) is 0 Å². The highest BCUT2D eigenvalue weighted by Crippen LogP contribution is 2.43. The summed E-state index contributed by atoms with van der Waals surface area (Å²) in [6.45, 7) is 6.68. The molecular weight excluding hydrogens is 238 g/mol. The molecule has 1 aromatic rings. The lowest BCUT2D eigenvalue weighted by molar-refractivity contribution is -0.619. The Morgan fingerprint density at radius 1 is 1.26 bits per heavy atom. The van der Waals surface area contributed by atoms with Crippen molar-refractivity contribution in [1.29, 1.82) is 0 Å². The van der Waals surface area contributed by atoms with Crippen LogP contribution in [0.3, 0.4) is 0 Å². The van der Waals surface area contributed by atoms with Crippen LogP contribution in [0.15, 0.2) is 24.4 Å². The standard InChI is InChI=1S/C16H25NO2/c1-11(2)13-8-7-12(3)10-14(13)16(18)15-6-4-5-9-17(15)19/h4-6,9,11-14,16,18H,7-8,10H2,1-3H3/t12-,13+,14+,16-/m1/s1. The molecule has 1 fully saturated rings. The number of nitrogens with zero attached hydrogens (tertiary/aromatic N) is 1. The number of rotatable bonds is 3. The average molecular weight is 263 g/mol. The summed E-state index contributed by atoms with van der Waals surface area (Å²) in [6.07, 6.45) is 4.23. The summed E-state index contributed by atoms with van der Waals surface area (Å²) < 4.78 is 0.807. The van der Waals surface area contributed by atoms with E-state index in [0.717, 1.165) is 17.6 Å². The van der Waals surface area contributed by atoms with Gasteiger partial charge in [0.1, 0.15) is 6.10 Å². The number of hydrogen-bond acceptors (Lipinski definition) is 2. The van der Waals surface area contributed by atoms with Gasteiger partial charge in [-0.2, -0.15) is 4.73 Å². The molecule has 0 saturated heterocycles. The highest BCUT2D eigenvalue weighted by atomic mass is 16.5. The Morgan fingerprint density at radius 3 is 2.63 bits per heavy atom. The summed E-state index contributed by atoms with van der Waals surface area (Å²) in [4.78, 5) is 0. The van der Waals surface area contributed by atoms with Crippen molar-refractivity contribution in [3.05, 3.63) is 35.3 Å². The first-order valence-electron chi connectivity index (χ1n) is 7.36. The molecule has 4 atom stereocenters. The summed E-state index contributed by atoms with van der Waals surface area (Å²) >= 11 is 0. The Bertz CT molecular complexity index is 419. The fourth-order valence-electron chi connectivity index (χ4n) is 3.53. The zero-order chi connectivity index (χ0) is 14.0. The lowest BCUT2D eigenvalue weighted by atomic mass is 9.67. The summed E-state index contributed by atoms with van der Waals surface area (Å²) in [5.74, 6) is 1.90. The van der Waals surface area contributed by atoms with Gasteiger partial charge in [0, 0.05) is 12.1 Å². The molecule has 0 spiro atoms. The molecule has 3 nitrogen and oxygen atoms in total. The molecule has 0 aliphatic heterocycles. The van der Waals surface area contributed by atoms with Gasteiger partial charge in [0.15, 0.2) is 6.20 Å². The van der Waals surface area contributed by atoms with Crippen LogP contribution in [0.25, 0.3) is 0 Å². The van der Waals surface area contributed by atoms with E-state index in [1.165, 1.54) is 12.6 Å². The van der Waals surface area contributed by atoms with Crippen molar-refractivity contribution in [3.63, 3.8) is 0 Å². The Balaban J connectivity index is 2.24. The van der Waals surface area contributed by atoms with Gasteiger partial charge in [-0.1, -0.05) is 27.2 Å². The number of hydrogen-bond donors (Lipinski definition) is 1. The zero-order valence-corrected chi connectivity index (χ0v) is 12.1. The quantitative estimate of drug-likeness (QED) is 0.673. The number of aromatic nitrogens is 1. The van der Waals surface area contributed by atoms with Crippen LogP contribution in [-0.4, -0.2) is 5.11 Å². The topological polar surface area (TPSA) is 47.2 Å². The van der Waals surface area contributed by atoms with Crippen LogP contribution in [0, 0.1) is 28.9 Å². The van der Waals surface area contributed by atoms with E-state index in [0.29, 0.717) is 23.4 Å². The fourth-order valence-corrected chi connectivity index (χ4v) is 3.53. The van der Waals surface area contributed by atoms with E-state index in [4.69, 9.17) is 0 Å². The molecule has 2 rings (SSSR count). The van der Waals surface area contributed by atoms with E-state index in [-0.39, 0.29) is 5.92 Å². The summed E-state index contributed by atoms with van der Waals surface area (Å²) in [5, 5.41) is 22.5. The Morgan fingerprint density at radius 2 is 2.00 bits per heavy atom. The van der Waals surface area contributed by atoms with Gasteiger partial charge in [0.05, 0.1) is 0 Å². The summed E-state index contributed by atoms with van der Waals surface area (Å²) in [7, 11) is 0. The molecular formula is C16H25NO2. The SMILES string of the molecule is CC(C)[C@@H]1CC[C@@H](C)C[C@@H]1[C@@H](O)c1cccc[n+]1[O-]. The van der Waals surface area contributed by atoms with Crippen LogP contribution in [0.4, 0.5) is 0 Å². The molecule has 19 heavy (non-hydrogen) atoms. The van der Waals surface area contributed by atoms with E-state index in [1.807, 2.05) is 6.07 Å². The predicted molar refractivity (Wildman–Crippen MR) is 75.2 cm³/mol. The van der Waals surface area contributed by atoms with Crippen molar-refractivity contribution >= 4 is 0 Å². The number of pyridine rings is 1. The van der Waals surface area contributed by atoms with Crippen LogP contribution in [0.1, 0.15) is 51.8 Å². The molecule has 1 N–H and O–H groups in total. The Kier molecular flexibility index (Phi) is 4.46. The highest BCUT2D eigenvalue weighted by Gasteiger charge is 2.38. The maximum atomic E-state index is 11.8. The molecule has 0 aromatic carbocycles. The first kappa shape index (κ1) is 14.3. The van der Waals surface area contributed by atoms with Gasteiger partial charge in [0.2, 0.25) is 5.69 Å². The number of aliphatic hydroxyl groups is 1. The molecule has 106 valence electrons. The second kappa shape index (κ2) is 5.91. The second-order valence-electron chi connectivity index (χ2n) is 6.39. The lowest BCUT2D eigenvalue weighted by Gasteiger charge is -2.39. The van der Waals surface area contributed by atoms with Crippen LogP contribution in [0.5, 0.6) is 0 Å². The Labute approximate surface area is 115 Å². The number of aliphatic hydroxyl groups excluding tert-OH is 1. The summed E-state index contributed by atoms with van der Waals surface area (Å²) in [6, 6.07) is 5.27. The molecule has 3 heteroatoms. The predicted octanol–water partition coefficient (Wildman–Crippen LogP) is 3.06. The molecule has 1 aliphatic rings. The van der Waals surface area contributed by atoms with Gasteiger partial charge in [-0.3, -0.25) is 0 Å². The molecule has 1 aromatic heterocycles. The van der Waals surface area contributed by atoms with E-state index < -0.39 is 6.10 Å². The normalized spacial score (nSPS) is 29.4. The minimum Gasteiger partial charge on any atom is -0.618 e.